The topological polar surface area (TPSA) is 22.0 Å². The van der Waals surface area contributed by atoms with Crippen molar-refractivity contribution in [2.24, 2.45) is 7.05 Å². The highest BCUT2D eigenvalue weighted by molar-refractivity contribution is 5.79. The molecule has 0 aliphatic carbocycles. The first-order valence-electron chi connectivity index (χ1n) is 4.35. The maximum Gasteiger partial charge on any atom is 0.192 e. The molecule has 0 saturated carbocycles. The second kappa shape index (κ2) is 2.94. The van der Waals surface area contributed by atoms with Crippen LogP contribution in [-0.4, -0.2) is 4.57 Å². The van der Waals surface area contributed by atoms with Gasteiger partial charge in [0, 0.05) is 24.2 Å². The number of halogens is 1. The van der Waals surface area contributed by atoms with Crippen LogP contribution < -0.4 is 5.43 Å². The Bertz CT molecular complexity index is 557. The third-order valence-corrected chi connectivity index (χ3v) is 2.33. The van der Waals surface area contributed by atoms with Gasteiger partial charge in [0.2, 0.25) is 0 Å². The fourth-order valence-electron chi connectivity index (χ4n) is 1.68. The van der Waals surface area contributed by atoms with Gasteiger partial charge in [-0.25, -0.2) is 4.39 Å². The van der Waals surface area contributed by atoms with Crippen molar-refractivity contribution in [3.8, 4) is 0 Å². The molecule has 0 N–H and O–H groups in total. The van der Waals surface area contributed by atoms with Crippen LogP contribution in [0.4, 0.5) is 4.39 Å². The van der Waals surface area contributed by atoms with Gasteiger partial charge in [0.05, 0.1) is 5.52 Å². The molecular formula is C11H10FNO. The van der Waals surface area contributed by atoms with Crippen LogP contribution in [0.3, 0.4) is 0 Å². The summed E-state index contributed by atoms with van der Waals surface area (Å²) < 4.78 is 15.0. The second-order valence-electron chi connectivity index (χ2n) is 3.39. The van der Waals surface area contributed by atoms with Gasteiger partial charge in [-0.1, -0.05) is 6.07 Å². The van der Waals surface area contributed by atoms with E-state index in [9.17, 15) is 9.18 Å². The largest absolute Gasteiger partial charge is 0.348 e. The Morgan fingerprint density at radius 1 is 1.36 bits per heavy atom. The highest BCUT2D eigenvalue weighted by atomic mass is 19.1. The molecule has 0 bridgehead atoms. The van der Waals surface area contributed by atoms with E-state index in [4.69, 9.17) is 0 Å². The molecule has 14 heavy (non-hydrogen) atoms. The average molecular weight is 191 g/mol. The number of fused-ring (bicyclic) bond motifs is 1. The van der Waals surface area contributed by atoms with Gasteiger partial charge in [-0.05, 0) is 19.1 Å². The van der Waals surface area contributed by atoms with Gasteiger partial charge in [-0.15, -0.1) is 0 Å². The molecule has 0 aliphatic rings. The average Bonchev–Trinajstić information content (AvgIpc) is 2.14. The number of hydrogen-bond acceptors (Lipinski definition) is 1. The standard InChI is InChI=1S/C11H10FNO/c1-7-6-13(2)10-8(11(7)14)4-3-5-9(10)12/h3-6H,1-2H3. The third kappa shape index (κ3) is 1.13. The molecule has 2 rings (SSSR count). The minimum Gasteiger partial charge on any atom is -0.348 e. The zero-order chi connectivity index (χ0) is 10.3. The molecule has 72 valence electrons. The number of para-hydroxylation sites is 1. The van der Waals surface area contributed by atoms with Crippen LogP contribution in [0.25, 0.3) is 10.9 Å². The van der Waals surface area contributed by atoms with Crippen LogP contribution in [0.5, 0.6) is 0 Å². The van der Waals surface area contributed by atoms with Gasteiger partial charge < -0.3 is 4.57 Å². The Labute approximate surface area is 80.6 Å². The van der Waals surface area contributed by atoms with Crippen molar-refractivity contribution in [3.63, 3.8) is 0 Å². The van der Waals surface area contributed by atoms with Crippen molar-refractivity contribution in [3.05, 3.63) is 46.0 Å². The van der Waals surface area contributed by atoms with E-state index in [1.165, 1.54) is 6.07 Å². The first-order chi connectivity index (χ1) is 6.61. The SMILES string of the molecule is Cc1cn(C)c2c(F)cccc2c1=O. The fourth-order valence-corrected chi connectivity index (χ4v) is 1.68. The van der Waals surface area contributed by atoms with E-state index < -0.39 is 0 Å². The lowest BCUT2D eigenvalue weighted by atomic mass is 10.1. The molecular weight excluding hydrogens is 181 g/mol. The molecule has 0 unspecified atom stereocenters. The Morgan fingerprint density at radius 2 is 2.07 bits per heavy atom. The summed E-state index contributed by atoms with van der Waals surface area (Å²) in [7, 11) is 1.73. The lowest BCUT2D eigenvalue weighted by Crippen LogP contribution is -2.11. The summed E-state index contributed by atoms with van der Waals surface area (Å²) in [5.74, 6) is -0.359. The molecule has 0 spiro atoms. The lowest BCUT2D eigenvalue weighted by Gasteiger charge is -2.06. The Morgan fingerprint density at radius 3 is 2.79 bits per heavy atom. The second-order valence-corrected chi connectivity index (χ2v) is 3.39. The molecule has 3 heteroatoms. The van der Waals surface area contributed by atoms with Gasteiger partial charge in [-0.3, -0.25) is 4.79 Å². The quantitative estimate of drug-likeness (QED) is 0.624. The molecule has 1 aromatic heterocycles. The van der Waals surface area contributed by atoms with E-state index >= 15 is 0 Å². The first kappa shape index (κ1) is 8.94. The van der Waals surface area contributed by atoms with E-state index in [0.717, 1.165) is 0 Å². The normalized spacial score (nSPS) is 10.8. The predicted molar refractivity (Wildman–Crippen MR) is 53.9 cm³/mol. The number of hydrogen-bond donors (Lipinski definition) is 0. The Kier molecular flexibility index (Phi) is 1.88. The molecule has 0 atom stereocenters. The summed E-state index contributed by atoms with van der Waals surface area (Å²) in [5.41, 5.74) is 0.895. The molecule has 1 aromatic carbocycles. The number of benzene rings is 1. The van der Waals surface area contributed by atoms with E-state index in [0.29, 0.717) is 16.5 Å². The van der Waals surface area contributed by atoms with Gasteiger partial charge in [0.1, 0.15) is 5.82 Å². The molecule has 0 radical (unpaired) electrons. The summed E-state index contributed by atoms with van der Waals surface area (Å²) in [6.45, 7) is 1.73. The van der Waals surface area contributed by atoms with Crippen molar-refractivity contribution in [1.82, 2.24) is 4.57 Å². The molecule has 0 aliphatic heterocycles. The minimum atomic E-state index is -0.359. The minimum absolute atomic E-state index is 0.0994. The van der Waals surface area contributed by atoms with Crippen LogP contribution in [-0.2, 0) is 7.05 Å². The van der Waals surface area contributed by atoms with Crippen molar-refractivity contribution >= 4 is 10.9 Å². The summed E-state index contributed by atoms with van der Waals surface area (Å²) in [6.07, 6.45) is 1.65. The maximum absolute atomic E-state index is 13.4. The number of rotatable bonds is 0. The van der Waals surface area contributed by atoms with Crippen molar-refractivity contribution in [2.45, 2.75) is 6.92 Å². The molecule has 2 aromatic rings. The number of aryl methyl sites for hydroxylation is 2. The summed E-state index contributed by atoms with van der Waals surface area (Å²) in [4.78, 5) is 11.7. The molecule has 0 amide bonds. The summed E-state index contributed by atoms with van der Waals surface area (Å²) >= 11 is 0. The highest BCUT2D eigenvalue weighted by Gasteiger charge is 2.07. The molecule has 2 nitrogen and oxygen atoms in total. The molecule has 0 saturated heterocycles. The van der Waals surface area contributed by atoms with Gasteiger partial charge >= 0.3 is 0 Å². The van der Waals surface area contributed by atoms with Crippen LogP contribution in [0.15, 0.2) is 29.2 Å². The first-order valence-corrected chi connectivity index (χ1v) is 4.35. The number of nitrogens with zero attached hydrogens (tertiary/aromatic N) is 1. The highest BCUT2D eigenvalue weighted by Crippen LogP contribution is 2.14. The van der Waals surface area contributed by atoms with Gasteiger partial charge in [0.15, 0.2) is 5.43 Å². The molecule has 1 heterocycles. The summed E-state index contributed by atoms with van der Waals surface area (Å²) in [5, 5.41) is 0.438. The summed E-state index contributed by atoms with van der Waals surface area (Å²) in [6, 6.07) is 4.56. The lowest BCUT2D eigenvalue weighted by molar-refractivity contribution is 0.630. The monoisotopic (exact) mass is 191 g/mol. The Balaban J connectivity index is 3.10. The fraction of sp³-hybridized carbons (Fsp3) is 0.182. The van der Waals surface area contributed by atoms with Crippen LogP contribution in [0, 0.1) is 12.7 Å². The Hall–Kier alpha value is -1.64. The zero-order valence-electron chi connectivity index (χ0n) is 8.04. The van der Waals surface area contributed by atoms with Crippen molar-refractivity contribution in [1.29, 1.82) is 0 Å². The van der Waals surface area contributed by atoms with Crippen LogP contribution >= 0.6 is 0 Å². The van der Waals surface area contributed by atoms with E-state index in [1.54, 1.807) is 36.9 Å². The van der Waals surface area contributed by atoms with Gasteiger partial charge in [-0.2, -0.15) is 0 Å². The van der Waals surface area contributed by atoms with Crippen molar-refractivity contribution < 1.29 is 4.39 Å². The van der Waals surface area contributed by atoms with E-state index in [-0.39, 0.29) is 11.2 Å². The predicted octanol–water partition coefficient (Wildman–Crippen LogP) is 1.99. The number of pyridine rings is 1. The molecule has 0 fully saturated rings. The number of aromatic nitrogens is 1. The van der Waals surface area contributed by atoms with E-state index in [1.807, 2.05) is 0 Å². The van der Waals surface area contributed by atoms with Gasteiger partial charge in [0.25, 0.3) is 0 Å². The van der Waals surface area contributed by atoms with Crippen LogP contribution in [0.2, 0.25) is 0 Å². The maximum atomic E-state index is 13.4. The van der Waals surface area contributed by atoms with Crippen molar-refractivity contribution in [2.75, 3.05) is 0 Å². The third-order valence-electron chi connectivity index (χ3n) is 2.33. The van der Waals surface area contributed by atoms with Crippen LogP contribution in [0.1, 0.15) is 5.56 Å². The zero-order valence-corrected chi connectivity index (χ0v) is 8.04. The van der Waals surface area contributed by atoms with E-state index in [2.05, 4.69) is 0 Å². The smallest absolute Gasteiger partial charge is 0.192 e.